The lowest BCUT2D eigenvalue weighted by molar-refractivity contribution is -0.131. The second kappa shape index (κ2) is 11.6. The Bertz CT molecular complexity index is 1200. The van der Waals surface area contributed by atoms with E-state index in [-0.39, 0.29) is 5.69 Å². The molecular formula is C26H26FN3O4. The number of carbonyl (C=O) groups excluding carboxylic acids is 2. The number of methoxy groups -OCH3 is 1. The minimum atomic E-state index is -1.08. The molecule has 8 heteroatoms. The maximum Gasteiger partial charge on any atom is 0.252 e. The summed E-state index contributed by atoms with van der Waals surface area (Å²) in [6, 6.07) is 19.0. The van der Waals surface area contributed by atoms with Crippen molar-refractivity contribution < 1.29 is 23.5 Å². The minimum absolute atomic E-state index is 0.00690. The normalized spacial score (nSPS) is 11.6. The molecule has 1 unspecified atom stereocenters. The molecule has 0 aliphatic rings. The third kappa shape index (κ3) is 6.65. The van der Waals surface area contributed by atoms with Crippen molar-refractivity contribution in [2.24, 2.45) is 11.0 Å². The average Bonchev–Trinajstić information content (AvgIpc) is 2.84. The predicted octanol–water partition coefficient (Wildman–Crippen LogP) is 4.45. The van der Waals surface area contributed by atoms with Crippen LogP contribution in [0.1, 0.15) is 23.6 Å². The Kier molecular flexibility index (Phi) is 8.34. The number of benzene rings is 3. The van der Waals surface area contributed by atoms with Crippen molar-refractivity contribution in [2.75, 3.05) is 12.4 Å². The van der Waals surface area contributed by atoms with Gasteiger partial charge >= 0.3 is 0 Å². The maximum absolute atomic E-state index is 13.7. The number of nitrogens with zero attached hydrogens (tertiary/aromatic N) is 1. The molecule has 0 aromatic heterocycles. The van der Waals surface area contributed by atoms with E-state index in [1.165, 1.54) is 38.4 Å². The number of carbonyl (C=O) groups is 2. The molecule has 1 atom stereocenters. The third-order valence-electron chi connectivity index (χ3n) is 4.97. The van der Waals surface area contributed by atoms with Crippen LogP contribution in [0.4, 0.5) is 10.1 Å². The van der Waals surface area contributed by atoms with E-state index in [9.17, 15) is 14.0 Å². The number of hydrogen-bond donors (Lipinski definition) is 2. The number of anilines is 1. The highest BCUT2D eigenvalue weighted by Crippen LogP contribution is 2.28. The number of ether oxygens (including phenoxy) is 2. The van der Waals surface area contributed by atoms with Gasteiger partial charge in [-0.25, -0.2) is 9.82 Å². The van der Waals surface area contributed by atoms with Crippen molar-refractivity contribution in [3.63, 3.8) is 0 Å². The lowest BCUT2D eigenvalue weighted by Gasteiger charge is -2.12. The number of para-hydroxylation sites is 1. The summed E-state index contributed by atoms with van der Waals surface area (Å²) in [5, 5.41) is 6.29. The van der Waals surface area contributed by atoms with E-state index in [4.69, 9.17) is 9.47 Å². The molecular weight excluding hydrogens is 437 g/mol. The summed E-state index contributed by atoms with van der Waals surface area (Å²) >= 11 is 0. The minimum Gasteiger partial charge on any atom is -0.493 e. The second-order valence-electron chi connectivity index (χ2n) is 7.61. The number of rotatable bonds is 9. The zero-order valence-electron chi connectivity index (χ0n) is 19.2. The Morgan fingerprint density at radius 1 is 1.03 bits per heavy atom. The van der Waals surface area contributed by atoms with Gasteiger partial charge in [0.25, 0.3) is 5.91 Å². The summed E-state index contributed by atoms with van der Waals surface area (Å²) in [6.07, 6.45) is 1.42. The Balaban J connectivity index is 1.56. The quantitative estimate of drug-likeness (QED) is 0.279. The van der Waals surface area contributed by atoms with Gasteiger partial charge in [-0.15, -0.1) is 0 Å². The third-order valence-corrected chi connectivity index (χ3v) is 4.97. The van der Waals surface area contributed by atoms with E-state index in [1.54, 1.807) is 24.3 Å². The van der Waals surface area contributed by atoms with Gasteiger partial charge in [-0.1, -0.05) is 42.0 Å². The second-order valence-corrected chi connectivity index (χ2v) is 7.61. The molecule has 176 valence electrons. The van der Waals surface area contributed by atoms with Crippen LogP contribution in [0.15, 0.2) is 71.8 Å². The zero-order valence-corrected chi connectivity index (χ0v) is 19.2. The van der Waals surface area contributed by atoms with Crippen LogP contribution in [0, 0.1) is 18.7 Å². The molecule has 3 aromatic carbocycles. The molecule has 0 radical (unpaired) electrons. The Morgan fingerprint density at radius 3 is 2.56 bits per heavy atom. The zero-order chi connectivity index (χ0) is 24.5. The fraction of sp³-hybridized carbons (Fsp3) is 0.192. The molecule has 3 aromatic rings. The molecule has 7 nitrogen and oxygen atoms in total. The summed E-state index contributed by atoms with van der Waals surface area (Å²) < 4.78 is 25.0. The van der Waals surface area contributed by atoms with Crippen molar-refractivity contribution in [3.8, 4) is 11.5 Å². The van der Waals surface area contributed by atoms with Crippen molar-refractivity contribution in [2.45, 2.75) is 20.5 Å². The van der Waals surface area contributed by atoms with Gasteiger partial charge in [0.15, 0.2) is 11.5 Å². The highest BCUT2D eigenvalue weighted by Gasteiger charge is 2.22. The van der Waals surface area contributed by atoms with E-state index in [1.807, 2.05) is 31.2 Å². The fourth-order valence-corrected chi connectivity index (χ4v) is 3.04. The average molecular weight is 464 g/mol. The van der Waals surface area contributed by atoms with E-state index in [2.05, 4.69) is 15.8 Å². The van der Waals surface area contributed by atoms with Gasteiger partial charge in [0.2, 0.25) is 5.91 Å². The lowest BCUT2D eigenvalue weighted by atomic mass is 10.1. The highest BCUT2D eigenvalue weighted by molar-refractivity contribution is 6.06. The first kappa shape index (κ1) is 24.4. The van der Waals surface area contributed by atoms with Crippen LogP contribution >= 0.6 is 0 Å². The van der Waals surface area contributed by atoms with Gasteiger partial charge in [0, 0.05) is 0 Å². The van der Waals surface area contributed by atoms with Crippen molar-refractivity contribution in [1.82, 2.24) is 5.43 Å². The molecule has 0 aliphatic carbocycles. The van der Waals surface area contributed by atoms with Crippen molar-refractivity contribution in [1.29, 1.82) is 0 Å². The topological polar surface area (TPSA) is 89.0 Å². The van der Waals surface area contributed by atoms with Gasteiger partial charge in [0.1, 0.15) is 18.3 Å². The maximum atomic E-state index is 13.7. The number of halogens is 1. The highest BCUT2D eigenvalue weighted by atomic mass is 19.1. The first-order valence-corrected chi connectivity index (χ1v) is 10.6. The van der Waals surface area contributed by atoms with E-state index in [0.717, 1.165) is 11.1 Å². The van der Waals surface area contributed by atoms with Crippen LogP contribution in [0.25, 0.3) is 0 Å². The summed E-state index contributed by atoms with van der Waals surface area (Å²) in [5.41, 5.74) is 5.18. The van der Waals surface area contributed by atoms with Crippen LogP contribution in [0.2, 0.25) is 0 Å². The standard InChI is InChI=1S/C26H26FN3O4/c1-17-7-6-8-20(13-17)16-34-23-12-11-19(14-24(23)33-3)15-28-30-26(32)18(2)25(31)29-22-10-5-4-9-21(22)27/h4-15,18H,16H2,1-3H3,(H,29,31)(H,30,32). The molecule has 0 saturated heterocycles. The van der Waals surface area contributed by atoms with Gasteiger partial charge in [0.05, 0.1) is 19.0 Å². The van der Waals surface area contributed by atoms with E-state index >= 15 is 0 Å². The predicted molar refractivity (Wildman–Crippen MR) is 128 cm³/mol. The molecule has 2 N–H and O–H groups in total. The van der Waals surface area contributed by atoms with Gasteiger partial charge < -0.3 is 14.8 Å². The first-order valence-electron chi connectivity index (χ1n) is 10.6. The largest absolute Gasteiger partial charge is 0.493 e. The van der Waals surface area contributed by atoms with Crippen LogP contribution in [0.5, 0.6) is 11.5 Å². The first-order chi connectivity index (χ1) is 16.4. The molecule has 34 heavy (non-hydrogen) atoms. The molecule has 2 amide bonds. The van der Waals surface area contributed by atoms with Crippen LogP contribution in [-0.4, -0.2) is 25.1 Å². The number of nitrogens with one attached hydrogen (secondary N) is 2. The van der Waals surface area contributed by atoms with Crippen molar-refractivity contribution in [3.05, 3.63) is 89.2 Å². The van der Waals surface area contributed by atoms with E-state index < -0.39 is 23.5 Å². The molecule has 0 fully saturated rings. The number of hydrazone groups is 1. The lowest BCUT2D eigenvalue weighted by Crippen LogP contribution is -2.34. The monoisotopic (exact) mass is 463 g/mol. The summed E-state index contributed by atoms with van der Waals surface area (Å²) in [6.45, 7) is 3.83. The fourth-order valence-electron chi connectivity index (χ4n) is 3.04. The Labute approximate surface area is 197 Å². The number of aryl methyl sites for hydroxylation is 1. The molecule has 0 saturated carbocycles. The van der Waals surface area contributed by atoms with Gasteiger partial charge in [-0.05, 0) is 55.3 Å². The van der Waals surface area contributed by atoms with Crippen LogP contribution in [0.3, 0.4) is 0 Å². The Hall–Kier alpha value is -4.20. The van der Waals surface area contributed by atoms with Crippen LogP contribution < -0.4 is 20.2 Å². The van der Waals surface area contributed by atoms with Gasteiger partial charge in [-0.2, -0.15) is 5.10 Å². The smallest absolute Gasteiger partial charge is 0.252 e. The molecule has 0 aliphatic heterocycles. The molecule has 0 heterocycles. The number of hydrogen-bond acceptors (Lipinski definition) is 5. The van der Waals surface area contributed by atoms with E-state index in [0.29, 0.717) is 23.7 Å². The SMILES string of the molecule is COc1cc(C=NNC(=O)C(C)C(=O)Nc2ccccc2F)ccc1OCc1cccc(C)c1. The molecule has 0 spiro atoms. The molecule has 0 bridgehead atoms. The summed E-state index contributed by atoms with van der Waals surface area (Å²) in [7, 11) is 1.54. The Morgan fingerprint density at radius 2 is 1.82 bits per heavy atom. The summed E-state index contributed by atoms with van der Waals surface area (Å²) in [4.78, 5) is 24.5. The van der Waals surface area contributed by atoms with Crippen molar-refractivity contribution >= 4 is 23.7 Å². The molecule has 3 rings (SSSR count). The number of amides is 2. The van der Waals surface area contributed by atoms with Gasteiger partial charge in [-0.3, -0.25) is 9.59 Å². The summed E-state index contributed by atoms with van der Waals surface area (Å²) in [5.74, 6) is -1.85. The van der Waals surface area contributed by atoms with Crippen LogP contribution in [-0.2, 0) is 16.2 Å².